The molecule has 0 saturated heterocycles. The lowest BCUT2D eigenvalue weighted by Crippen LogP contribution is -2.08. The summed E-state index contributed by atoms with van der Waals surface area (Å²) in [4.78, 5) is 22.3. The number of carboxylic acids is 1. The SMILES string of the molecule is CC=CC=CC(=O)Nc1ccc(C(=O)O)c(C)c1. The Hall–Kier alpha value is -2.36. The number of rotatable bonds is 4. The van der Waals surface area contributed by atoms with E-state index in [2.05, 4.69) is 5.32 Å². The number of aryl methyl sites for hydroxylation is 1. The zero-order valence-corrected chi connectivity index (χ0v) is 10.3. The van der Waals surface area contributed by atoms with Crippen LogP contribution in [0, 0.1) is 6.92 Å². The molecule has 0 atom stereocenters. The smallest absolute Gasteiger partial charge is 0.335 e. The minimum absolute atomic E-state index is 0.234. The topological polar surface area (TPSA) is 66.4 Å². The van der Waals surface area contributed by atoms with Gasteiger partial charge in [-0.3, -0.25) is 4.79 Å². The molecule has 0 aliphatic rings. The summed E-state index contributed by atoms with van der Waals surface area (Å²) in [6, 6.07) is 4.67. The lowest BCUT2D eigenvalue weighted by molar-refractivity contribution is -0.111. The highest BCUT2D eigenvalue weighted by molar-refractivity contribution is 6.00. The molecule has 0 radical (unpaired) electrons. The van der Waals surface area contributed by atoms with Crippen molar-refractivity contribution in [3.63, 3.8) is 0 Å². The van der Waals surface area contributed by atoms with E-state index in [0.717, 1.165) is 0 Å². The van der Waals surface area contributed by atoms with Gasteiger partial charge < -0.3 is 10.4 Å². The summed E-state index contributed by atoms with van der Waals surface area (Å²) in [7, 11) is 0. The van der Waals surface area contributed by atoms with Crippen LogP contribution in [-0.4, -0.2) is 17.0 Å². The van der Waals surface area contributed by atoms with Crippen molar-refractivity contribution in [2.75, 3.05) is 5.32 Å². The van der Waals surface area contributed by atoms with Crippen LogP contribution in [0.5, 0.6) is 0 Å². The second kappa shape index (κ2) is 6.39. The van der Waals surface area contributed by atoms with Crippen molar-refractivity contribution in [2.24, 2.45) is 0 Å². The molecule has 2 N–H and O–H groups in total. The van der Waals surface area contributed by atoms with Crippen LogP contribution < -0.4 is 5.32 Å². The van der Waals surface area contributed by atoms with Gasteiger partial charge in [0.05, 0.1) is 5.56 Å². The molecule has 1 aromatic rings. The molecule has 0 heterocycles. The van der Waals surface area contributed by atoms with E-state index < -0.39 is 5.97 Å². The highest BCUT2D eigenvalue weighted by Crippen LogP contribution is 2.15. The summed E-state index contributed by atoms with van der Waals surface area (Å²) >= 11 is 0. The van der Waals surface area contributed by atoms with Crippen LogP contribution in [0.4, 0.5) is 5.69 Å². The number of hydrogen-bond acceptors (Lipinski definition) is 2. The molecular formula is C14H15NO3. The predicted octanol–water partition coefficient (Wildman–Crippen LogP) is 2.76. The number of hydrogen-bond donors (Lipinski definition) is 2. The van der Waals surface area contributed by atoms with Crippen molar-refractivity contribution in [3.8, 4) is 0 Å². The molecule has 0 saturated carbocycles. The molecule has 18 heavy (non-hydrogen) atoms. The third-order valence-corrected chi connectivity index (χ3v) is 2.28. The van der Waals surface area contributed by atoms with Gasteiger partial charge in [0, 0.05) is 11.8 Å². The molecule has 0 aliphatic carbocycles. The Morgan fingerprint density at radius 2 is 2.00 bits per heavy atom. The lowest BCUT2D eigenvalue weighted by atomic mass is 10.1. The summed E-state index contributed by atoms with van der Waals surface area (Å²) in [5.74, 6) is -1.23. The summed E-state index contributed by atoms with van der Waals surface area (Å²) in [5.41, 5.74) is 1.42. The van der Waals surface area contributed by atoms with Crippen molar-refractivity contribution in [2.45, 2.75) is 13.8 Å². The van der Waals surface area contributed by atoms with Gasteiger partial charge >= 0.3 is 5.97 Å². The molecule has 0 aromatic heterocycles. The molecule has 1 rings (SSSR count). The number of aromatic carboxylic acids is 1. The average molecular weight is 245 g/mol. The van der Waals surface area contributed by atoms with Crippen LogP contribution in [0.15, 0.2) is 42.5 Å². The molecule has 0 fully saturated rings. The largest absolute Gasteiger partial charge is 0.478 e. The van der Waals surface area contributed by atoms with Crippen LogP contribution in [0.25, 0.3) is 0 Å². The van der Waals surface area contributed by atoms with Gasteiger partial charge in [-0.05, 0) is 37.6 Å². The van der Waals surface area contributed by atoms with E-state index >= 15 is 0 Å². The molecule has 4 heteroatoms. The first-order valence-corrected chi connectivity index (χ1v) is 5.49. The number of allylic oxidation sites excluding steroid dienone is 3. The number of nitrogens with one attached hydrogen (secondary N) is 1. The minimum atomic E-state index is -0.974. The van der Waals surface area contributed by atoms with E-state index in [1.165, 1.54) is 12.1 Å². The molecule has 0 spiro atoms. The highest BCUT2D eigenvalue weighted by atomic mass is 16.4. The van der Waals surface area contributed by atoms with E-state index in [1.54, 1.807) is 31.2 Å². The normalized spacial score (nSPS) is 11.0. The van der Waals surface area contributed by atoms with Crippen LogP contribution in [0.3, 0.4) is 0 Å². The Morgan fingerprint density at radius 1 is 1.28 bits per heavy atom. The first-order chi connectivity index (χ1) is 8.54. The quantitative estimate of drug-likeness (QED) is 0.633. The molecular weight excluding hydrogens is 230 g/mol. The Labute approximate surface area is 106 Å². The Bertz CT molecular complexity index is 516. The fourth-order valence-electron chi connectivity index (χ4n) is 1.42. The van der Waals surface area contributed by atoms with Crippen LogP contribution in [0.2, 0.25) is 0 Å². The van der Waals surface area contributed by atoms with Gasteiger partial charge in [-0.25, -0.2) is 4.79 Å². The van der Waals surface area contributed by atoms with Crippen LogP contribution >= 0.6 is 0 Å². The number of carboxylic acid groups (broad SMARTS) is 1. The van der Waals surface area contributed by atoms with Crippen molar-refractivity contribution in [3.05, 3.63) is 53.6 Å². The lowest BCUT2D eigenvalue weighted by Gasteiger charge is -2.05. The summed E-state index contributed by atoms with van der Waals surface area (Å²) < 4.78 is 0. The average Bonchev–Trinajstić information content (AvgIpc) is 2.28. The van der Waals surface area contributed by atoms with Crippen molar-refractivity contribution in [1.82, 2.24) is 0 Å². The molecule has 1 amide bonds. The van der Waals surface area contributed by atoms with Gasteiger partial charge in [-0.1, -0.05) is 18.2 Å². The second-order valence-corrected chi connectivity index (χ2v) is 3.71. The van der Waals surface area contributed by atoms with Gasteiger partial charge in [0.2, 0.25) is 5.91 Å². The van der Waals surface area contributed by atoms with Gasteiger partial charge in [0.15, 0.2) is 0 Å². The fourth-order valence-corrected chi connectivity index (χ4v) is 1.42. The molecule has 4 nitrogen and oxygen atoms in total. The van der Waals surface area contributed by atoms with Crippen molar-refractivity contribution in [1.29, 1.82) is 0 Å². The molecule has 1 aromatic carbocycles. The van der Waals surface area contributed by atoms with Gasteiger partial charge in [0.25, 0.3) is 0 Å². The van der Waals surface area contributed by atoms with Gasteiger partial charge in [-0.2, -0.15) is 0 Å². The van der Waals surface area contributed by atoms with Crippen molar-refractivity contribution >= 4 is 17.6 Å². The maximum atomic E-state index is 11.5. The summed E-state index contributed by atoms with van der Waals surface area (Å²) in [5, 5.41) is 11.5. The zero-order chi connectivity index (χ0) is 13.5. The number of carbonyl (C=O) groups is 2. The van der Waals surface area contributed by atoms with Crippen molar-refractivity contribution < 1.29 is 14.7 Å². The Balaban J connectivity index is 2.77. The minimum Gasteiger partial charge on any atom is -0.478 e. The summed E-state index contributed by atoms with van der Waals surface area (Å²) in [6.45, 7) is 3.55. The van der Waals surface area contributed by atoms with Gasteiger partial charge in [0.1, 0.15) is 0 Å². The predicted molar refractivity (Wildman–Crippen MR) is 70.7 cm³/mol. The van der Waals surface area contributed by atoms with Crippen LogP contribution in [0.1, 0.15) is 22.8 Å². The zero-order valence-electron chi connectivity index (χ0n) is 10.3. The van der Waals surface area contributed by atoms with E-state index in [0.29, 0.717) is 11.3 Å². The number of benzene rings is 1. The molecule has 0 bridgehead atoms. The van der Waals surface area contributed by atoms with E-state index in [9.17, 15) is 9.59 Å². The second-order valence-electron chi connectivity index (χ2n) is 3.71. The molecule has 94 valence electrons. The number of anilines is 1. The molecule has 0 aliphatic heterocycles. The Morgan fingerprint density at radius 3 is 2.56 bits per heavy atom. The maximum absolute atomic E-state index is 11.5. The first-order valence-electron chi connectivity index (χ1n) is 5.49. The summed E-state index contributed by atoms with van der Waals surface area (Å²) in [6.07, 6.45) is 6.60. The first kappa shape index (κ1) is 13.7. The third-order valence-electron chi connectivity index (χ3n) is 2.28. The van der Waals surface area contributed by atoms with E-state index in [4.69, 9.17) is 5.11 Å². The number of amides is 1. The van der Waals surface area contributed by atoms with Gasteiger partial charge in [-0.15, -0.1) is 0 Å². The Kier molecular flexibility index (Phi) is 4.87. The third kappa shape index (κ3) is 3.90. The fraction of sp³-hybridized carbons (Fsp3) is 0.143. The highest BCUT2D eigenvalue weighted by Gasteiger charge is 2.07. The standard InChI is InChI=1S/C14H15NO3/c1-3-4-5-6-13(16)15-11-7-8-12(14(17)18)10(2)9-11/h3-9H,1-2H3,(H,15,16)(H,17,18). The number of carbonyl (C=O) groups excluding carboxylic acids is 1. The van der Waals surface area contributed by atoms with E-state index in [1.807, 2.05) is 13.0 Å². The van der Waals surface area contributed by atoms with Crippen LogP contribution in [-0.2, 0) is 4.79 Å². The molecule has 0 unspecified atom stereocenters. The monoisotopic (exact) mass is 245 g/mol. The maximum Gasteiger partial charge on any atom is 0.335 e. The van der Waals surface area contributed by atoms with E-state index in [-0.39, 0.29) is 11.5 Å².